The molecule has 52 heavy (non-hydrogen) atoms. The first-order chi connectivity index (χ1) is 25.8. The highest BCUT2D eigenvalue weighted by atomic mass is 16.3. The summed E-state index contributed by atoms with van der Waals surface area (Å²) >= 11 is 0. The molecule has 0 fully saturated rings. The number of benzene rings is 9. The van der Waals surface area contributed by atoms with Crippen molar-refractivity contribution < 1.29 is 4.42 Å². The predicted molar refractivity (Wildman–Crippen MR) is 220 cm³/mol. The van der Waals surface area contributed by atoms with Crippen LogP contribution in [-0.4, -0.2) is 0 Å². The zero-order chi connectivity index (χ0) is 34.4. The Labute approximate surface area is 302 Å². The lowest BCUT2D eigenvalue weighted by Crippen LogP contribution is -2.09. The number of rotatable bonds is 6. The molecular formula is C50H33NO. The van der Waals surface area contributed by atoms with Crippen molar-refractivity contribution >= 4 is 60.5 Å². The summed E-state index contributed by atoms with van der Waals surface area (Å²) in [5.41, 5.74) is 12.3. The molecule has 2 nitrogen and oxygen atoms in total. The van der Waals surface area contributed by atoms with Gasteiger partial charge in [-0.3, -0.25) is 0 Å². The Bertz CT molecular complexity index is 2880. The van der Waals surface area contributed by atoms with Crippen LogP contribution in [0.25, 0.3) is 76.9 Å². The highest BCUT2D eigenvalue weighted by molar-refractivity contribution is 6.19. The minimum absolute atomic E-state index is 0.896. The third kappa shape index (κ3) is 5.12. The summed E-state index contributed by atoms with van der Waals surface area (Å²) in [6.45, 7) is 0. The Morgan fingerprint density at radius 2 is 0.923 bits per heavy atom. The summed E-state index contributed by atoms with van der Waals surface area (Å²) in [6.07, 6.45) is 0. The molecule has 9 aromatic carbocycles. The first-order valence-electron chi connectivity index (χ1n) is 17.8. The molecular weight excluding hydrogens is 631 g/mol. The first kappa shape index (κ1) is 30.0. The lowest BCUT2D eigenvalue weighted by atomic mass is 9.94. The molecule has 0 bridgehead atoms. The van der Waals surface area contributed by atoms with Gasteiger partial charge < -0.3 is 9.32 Å². The molecule has 0 spiro atoms. The predicted octanol–water partition coefficient (Wildman–Crippen LogP) is 14.4. The lowest BCUT2D eigenvalue weighted by Gasteiger charge is -2.26. The van der Waals surface area contributed by atoms with Crippen LogP contribution in [0.3, 0.4) is 0 Å². The van der Waals surface area contributed by atoms with Crippen LogP contribution in [0, 0.1) is 0 Å². The number of anilines is 3. The van der Waals surface area contributed by atoms with Gasteiger partial charge in [-0.05, 0) is 104 Å². The van der Waals surface area contributed by atoms with E-state index in [1.54, 1.807) is 0 Å². The molecule has 0 saturated carbocycles. The molecule has 0 radical (unpaired) electrons. The maximum absolute atomic E-state index is 6.58. The van der Waals surface area contributed by atoms with Crippen molar-refractivity contribution in [2.75, 3.05) is 4.90 Å². The van der Waals surface area contributed by atoms with E-state index in [9.17, 15) is 0 Å². The number of hydrogen-bond acceptors (Lipinski definition) is 2. The Morgan fingerprint density at radius 3 is 1.75 bits per heavy atom. The van der Waals surface area contributed by atoms with Crippen LogP contribution in [0.2, 0.25) is 0 Å². The highest BCUT2D eigenvalue weighted by Gasteiger charge is 2.18. The summed E-state index contributed by atoms with van der Waals surface area (Å²) in [6, 6.07) is 71.6. The average molecular weight is 664 g/mol. The van der Waals surface area contributed by atoms with Crippen LogP contribution in [-0.2, 0) is 0 Å². The third-order valence-electron chi connectivity index (χ3n) is 10.2. The second-order valence-electron chi connectivity index (χ2n) is 13.3. The van der Waals surface area contributed by atoms with Gasteiger partial charge in [-0.2, -0.15) is 0 Å². The maximum atomic E-state index is 6.58. The molecule has 1 heterocycles. The molecule has 10 aromatic rings. The van der Waals surface area contributed by atoms with Gasteiger partial charge in [0.25, 0.3) is 0 Å². The van der Waals surface area contributed by atoms with Crippen LogP contribution in [0.1, 0.15) is 0 Å². The van der Waals surface area contributed by atoms with Gasteiger partial charge in [-0.1, -0.05) is 146 Å². The second kappa shape index (κ2) is 12.5. The van der Waals surface area contributed by atoms with E-state index in [-0.39, 0.29) is 0 Å². The van der Waals surface area contributed by atoms with Gasteiger partial charge >= 0.3 is 0 Å². The zero-order valence-corrected chi connectivity index (χ0v) is 28.4. The standard InChI is InChI=1S/C50H33NO/c1-3-13-34(14-4-1)37-27-30-49-47(32-37)48-33-46(44-22-9-10-23-45(44)50(48)52-49)38-17-11-20-41(31-38)51(39-18-5-2-6-19-39)40-28-25-36(26-29-40)43-24-12-16-35-15-7-8-21-42(35)43/h1-33H. The Kier molecular flexibility index (Phi) is 7.18. The summed E-state index contributed by atoms with van der Waals surface area (Å²) in [4.78, 5) is 2.34. The molecule has 0 amide bonds. The summed E-state index contributed by atoms with van der Waals surface area (Å²) < 4.78 is 6.58. The van der Waals surface area contributed by atoms with Crippen LogP contribution in [0.5, 0.6) is 0 Å². The molecule has 2 heteroatoms. The van der Waals surface area contributed by atoms with Crippen molar-refractivity contribution in [1.29, 1.82) is 0 Å². The Hall–Kier alpha value is -6.90. The van der Waals surface area contributed by atoms with E-state index >= 15 is 0 Å². The highest BCUT2D eigenvalue weighted by Crippen LogP contribution is 2.43. The molecule has 0 unspecified atom stereocenters. The fraction of sp³-hybridized carbons (Fsp3) is 0. The normalized spacial score (nSPS) is 11.5. The number of fused-ring (bicyclic) bond motifs is 6. The monoisotopic (exact) mass is 663 g/mol. The van der Waals surface area contributed by atoms with Crippen molar-refractivity contribution in [2.24, 2.45) is 0 Å². The van der Waals surface area contributed by atoms with Crippen molar-refractivity contribution in [3.8, 4) is 33.4 Å². The van der Waals surface area contributed by atoms with E-state index in [1.165, 1.54) is 44.0 Å². The van der Waals surface area contributed by atoms with Gasteiger partial charge in [0.2, 0.25) is 0 Å². The molecule has 0 aliphatic heterocycles. The van der Waals surface area contributed by atoms with Crippen LogP contribution in [0.15, 0.2) is 205 Å². The maximum Gasteiger partial charge on any atom is 0.143 e. The van der Waals surface area contributed by atoms with Crippen molar-refractivity contribution in [3.63, 3.8) is 0 Å². The number of nitrogens with zero attached hydrogens (tertiary/aromatic N) is 1. The minimum atomic E-state index is 0.896. The fourth-order valence-electron chi connectivity index (χ4n) is 7.75. The van der Waals surface area contributed by atoms with Crippen LogP contribution >= 0.6 is 0 Å². The Morgan fingerprint density at radius 1 is 0.308 bits per heavy atom. The van der Waals surface area contributed by atoms with E-state index in [2.05, 4.69) is 205 Å². The topological polar surface area (TPSA) is 16.4 Å². The number of para-hydroxylation sites is 1. The van der Waals surface area contributed by atoms with E-state index in [0.29, 0.717) is 0 Å². The van der Waals surface area contributed by atoms with Crippen molar-refractivity contribution in [3.05, 3.63) is 200 Å². The fourth-order valence-corrected chi connectivity index (χ4v) is 7.75. The van der Waals surface area contributed by atoms with Gasteiger partial charge in [0.05, 0.1) is 0 Å². The SMILES string of the molecule is c1ccc(-c2ccc3oc4c5ccccc5c(-c5cccc(N(c6ccccc6)c6ccc(-c7cccc8ccccc78)cc6)c5)cc4c3c2)cc1. The van der Waals surface area contributed by atoms with Gasteiger partial charge in [-0.25, -0.2) is 0 Å². The molecule has 1 aromatic heterocycles. The third-order valence-corrected chi connectivity index (χ3v) is 10.2. The van der Waals surface area contributed by atoms with Crippen LogP contribution in [0.4, 0.5) is 17.1 Å². The number of hydrogen-bond donors (Lipinski definition) is 0. The Balaban J connectivity index is 1.12. The lowest BCUT2D eigenvalue weighted by molar-refractivity contribution is 0.673. The van der Waals surface area contributed by atoms with Gasteiger partial charge in [0.1, 0.15) is 11.2 Å². The van der Waals surface area contributed by atoms with Crippen molar-refractivity contribution in [1.82, 2.24) is 0 Å². The van der Waals surface area contributed by atoms with Gasteiger partial charge in [0.15, 0.2) is 0 Å². The molecule has 0 atom stereocenters. The quantitative estimate of drug-likeness (QED) is 0.176. The average Bonchev–Trinajstić information content (AvgIpc) is 3.60. The number of furan rings is 1. The van der Waals surface area contributed by atoms with E-state index in [1.807, 2.05) is 0 Å². The summed E-state index contributed by atoms with van der Waals surface area (Å²) in [7, 11) is 0. The largest absolute Gasteiger partial charge is 0.455 e. The molecule has 0 N–H and O–H groups in total. The second-order valence-corrected chi connectivity index (χ2v) is 13.3. The molecule has 244 valence electrons. The molecule has 0 saturated heterocycles. The molecule has 10 rings (SSSR count). The van der Waals surface area contributed by atoms with E-state index < -0.39 is 0 Å². The van der Waals surface area contributed by atoms with Gasteiger partial charge in [-0.15, -0.1) is 0 Å². The summed E-state index contributed by atoms with van der Waals surface area (Å²) in [5.74, 6) is 0. The van der Waals surface area contributed by atoms with E-state index in [4.69, 9.17) is 4.42 Å². The van der Waals surface area contributed by atoms with Gasteiger partial charge in [0, 0.05) is 33.2 Å². The molecule has 0 aliphatic rings. The first-order valence-corrected chi connectivity index (χ1v) is 17.8. The minimum Gasteiger partial charge on any atom is -0.455 e. The summed E-state index contributed by atoms with van der Waals surface area (Å²) in [5, 5.41) is 7.03. The van der Waals surface area contributed by atoms with E-state index in [0.717, 1.165) is 50.0 Å². The molecule has 0 aliphatic carbocycles. The zero-order valence-electron chi connectivity index (χ0n) is 28.4. The smallest absolute Gasteiger partial charge is 0.143 e. The van der Waals surface area contributed by atoms with Crippen molar-refractivity contribution in [2.45, 2.75) is 0 Å². The van der Waals surface area contributed by atoms with Crippen LogP contribution < -0.4 is 4.90 Å².